The first kappa shape index (κ1) is 28.2. The Balaban J connectivity index is 0.958. The summed E-state index contributed by atoms with van der Waals surface area (Å²) in [5, 5.41) is 18.7. The molecule has 1 fully saturated rings. The number of H-pyrrole nitrogens is 2. The first-order valence-electron chi connectivity index (χ1n) is 16.2. The minimum atomic E-state index is 0.375. The molecule has 1 aliphatic rings. The Labute approximate surface area is 275 Å². The van der Waals surface area contributed by atoms with Crippen LogP contribution in [0.1, 0.15) is 30.1 Å². The molecule has 9 rings (SSSR count). The molecule has 2 aromatic carbocycles. The van der Waals surface area contributed by atoms with Gasteiger partial charge in [0, 0.05) is 47.6 Å². The van der Waals surface area contributed by atoms with E-state index >= 15 is 0 Å². The molecule has 0 saturated carbocycles. The Morgan fingerprint density at radius 3 is 2.42 bits per heavy atom. The Bertz CT molecular complexity index is 2320. The molecule has 2 N–H and O–H groups in total. The highest BCUT2D eigenvalue weighted by molar-refractivity contribution is 5.98. The number of hydrogen-bond donors (Lipinski definition) is 2. The van der Waals surface area contributed by atoms with Crippen molar-refractivity contribution in [2.75, 3.05) is 13.1 Å². The summed E-state index contributed by atoms with van der Waals surface area (Å²) in [6.07, 6.45) is 9.29. The Morgan fingerprint density at radius 1 is 0.771 bits per heavy atom. The second kappa shape index (κ2) is 11.9. The molecule has 11 nitrogen and oxygen atoms in total. The topological polar surface area (TPSA) is 129 Å². The predicted molar refractivity (Wildman–Crippen MR) is 184 cm³/mol. The number of benzene rings is 2. The molecule has 0 unspecified atom stereocenters. The van der Waals surface area contributed by atoms with Crippen LogP contribution in [0.5, 0.6) is 0 Å². The van der Waals surface area contributed by atoms with Crippen molar-refractivity contribution in [3.8, 4) is 45.4 Å². The molecule has 11 heteroatoms. The van der Waals surface area contributed by atoms with Gasteiger partial charge in [0.1, 0.15) is 17.2 Å². The third-order valence-electron chi connectivity index (χ3n) is 9.20. The number of fused-ring (bicyclic) bond motifs is 3. The van der Waals surface area contributed by atoms with Crippen molar-refractivity contribution in [2.24, 2.45) is 0 Å². The lowest BCUT2D eigenvalue weighted by molar-refractivity contribution is 0.202. The second-order valence-corrected chi connectivity index (χ2v) is 12.2. The van der Waals surface area contributed by atoms with E-state index in [1.807, 2.05) is 47.1 Å². The van der Waals surface area contributed by atoms with Crippen LogP contribution in [-0.4, -0.2) is 67.7 Å². The lowest BCUT2D eigenvalue weighted by Crippen LogP contribution is -2.32. The molecule has 1 aliphatic heterocycles. The largest absolute Gasteiger partial charge is 0.350 e. The van der Waals surface area contributed by atoms with Gasteiger partial charge in [0.2, 0.25) is 0 Å². The number of pyridine rings is 3. The summed E-state index contributed by atoms with van der Waals surface area (Å²) in [6.45, 7) is 2.92. The number of likely N-dealkylation sites (tertiary alicyclic amines) is 1. The van der Waals surface area contributed by atoms with Crippen molar-refractivity contribution in [2.45, 2.75) is 25.3 Å². The van der Waals surface area contributed by atoms with E-state index in [1.54, 1.807) is 12.5 Å². The highest BCUT2D eigenvalue weighted by Crippen LogP contribution is 2.35. The van der Waals surface area contributed by atoms with Crippen molar-refractivity contribution in [1.29, 1.82) is 0 Å². The van der Waals surface area contributed by atoms with Gasteiger partial charge in [-0.1, -0.05) is 60.7 Å². The smallest absolute Gasteiger partial charge is 0.188 e. The average Bonchev–Trinajstić information content (AvgIpc) is 3.94. The van der Waals surface area contributed by atoms with Gasteiger partial charge in [-0.3, -0.25) is 14.3 Å². The Kier molecular flexibility index (Phi) is 7.01. The standard InChI is InChI=1S/C37H31N11/c1-2-6-25(7-3-1)28-20-29-30(15-19-48-36(29)45-46-37(48)32-21-38-23-40-32)41-33(28)26-11-9-24(10-12-26)22-47-17-13-27(14-18-47)34-42-35(44-43-34)31-8-4-5-16-39-31/h1-12,15-16,19-21,23,27H,13-14,17-18,22H2,(H,38,40)(H,42,43,44). The van der Waals surface area contributed by atoms with Gasteiger partial charge in [0.25, 0.3) is 0 Å². The van der Waals surface area contributed by atoms with Gasteiger partial charge in [0.05, 0.1) is 17.5 Å². The minimum Gasteiger partial charge on any atom is -0.350 e. The molecular weight excluding hydrogens is 598 g/mol. The highest BCUT2D eigenvalue weighted by atomic mass is 15.3. The van der Waals surface area contributed by atoms with Crippen molar-refractivity contribution >= 4 is 16.6 Å². The first-order valence-corrected chi connectivity index (χ1v) is 16.2. The minimum absolute atomic E-state index is 0.375. The molecule has 1 saturated heterocycles. The zero-order chi connectivity index (χ0) is 31.9. The van der Waals surface area contributed by atoms with Crippen LogP contribution in [0, 0.1) is 0 Å². The third kappa shape index (κ3) is 5.19. The summed E-state index contributed by atoms with van der Waals surface area (Å²) < 4.78 is 1.97. The van der Waals surface area contributed by atoms with Gasteiger partial charge in [-0.05, 0) is 61.3 Å². The second-order valence-electron chi connectivity index (χ2n) is 12.2. The predicted octanol–water partition coefficient (Wildman–Crippen LogP) is 6.56. The van der Waals surface area contributed by atoms with Crippen molar-refractivity contribution in [1.82, 2.24) is 54.6 Å². The molecule has 234 valence electrons. The van der Waals surface area contributed by atoms with Gasteiger partial charge >= 0.3 is 0 Å². The molecule has 0 amide bonds. The molecule has 6 aromatic heterocycles. The molecule has 8 aromatic rings. The van der Waals surface area contributed by atoms with Crippen LogP contribution < -0.4 is 0 Å². The molecule has 0 atom stereocenters. The number of hydrogen-bond acceptors (Lipinski definition) is 8. The summed E-state index contributed by atoms with van der Waals surface area (Å²) in [5.74, 6) is 2.75. The number of aromatic amines is 2. The molecule has 48 heavy (non-hydrogen) atoms. The zero-order valence-corrected chi connectivity index (χ0v) is 26.0. The van der Waals surface area contributed by atoms with E-state index in [0.29, 0.717) is 11.7 Å². The molecule has 0 aliphatic carbocycles. The van der Waals surface area contributed by atoms with Gasteiger partial charge in [-0.25, -0.2) is 9.97 Å². The monoisotopic (exact) mass is 629 g/mol. The maximum atomic E-state index is 5.22. The van der Waals surface area contributed by atoms with E-state index in [2.05, 4.69) is 99.8 Å². The van der Waals surface area contributed by atoms with E-state index in [-0.39, 0.29) is 0 Å². The van der Waals surface area contributed by atoms with E-state index in [9.17, 15) is 0 Å². The van der Waals surface area contributed by atoms with Gasteiger partial charge in [-0.15, -0.1) is 20.4 Å². The van der Waals surface area contributed by atoms with Crippen LogP contribution >= 0.6 is 0 Å². The highest BCUT2D eigenvalue weighted by Gasteiger charge is 2.24. The maximum absolute atomic E-state index is 5.22. The van der Waals surface area contributed by atoms with Gasteiger partial charge in [0.15, 0.2) is 17.3 Å². The lowest BCUT2D eigenvalue weighted by atomic mass is 9.95. The third-order valence-corrected chi connectivity index (χ3v) is 9.20. The zero-order valence-electron chi connectivity index (χ0n) is 26.0. The molecular formula is C37H31N11. The van der Waals surface area contributed by atoms with Gasteiger partial charge < -0.3 is 9.97 Å². The van der Waals surface area contributed by atoms with E-state index in [4.69, 9.17) is 4.98 Å². The SMILES string of the molecule is c1ccc(-c2cc3c(ccn4c(-c5c[nH]cn5)nnc34)nc2-c2ccc(CN3CCC(c4nnc(-c5ccccn5)[nH]4)CC3)cc2)cc1. The summed E-state index contributed by atoms with van der Waals surface area (Å²) in [5.41, 5.74) is 8.62. The van der Waals surface area contributed by atoms with Crippen LogP contribution in [0.15, 0.2) is 110 Å². The van der Waals surface area contributed by atoms with Crippen LogP contribution in [-0.2, 0) is 6.54 Å². The molecule has 0 radical (unpaired) electrons. The first-order chi connectivity index (χ1) is 23.8. The fraction of sp³-hybridized carbons (Fsp3) is 0.162. The normalized spacial score (nSPS) is 14.2. The molecule has 0 spiro atoms. The van der Waals surface area contributed by atoms with Crippen molar-refractivity contribution in [3.63, 3.8) is 0 Å². The average molecular weight is 630 g/mol. The summed E-state index contributed by atoms with van der Waals surface area (Å²) in [6, 6.07) is 29.3. The number of imidazole rings is 1. The Morgan fingerprint density at radius 2 is 1.62 bits per heavy atom. The summed E-state index contributed by atoms with van der Waals surface area (Å²) in [7, 11) is 0. The fourth-order valence-corrected chi connectivity index (χ4v) is 6.68. The number of rotatable bonds is 7. The van der Waals surface area contributed by atoms with E-state index < -0.39 is 0 Å². The summed E-state index contributed by atoms with van der Waals surface area (Å²) >= 11 is 0. The van der Waals surface area contributed by atoms with Crippen LogP contribution in [0.3, 0.4) is 0 Å². The maximum Gasteiger partial charge on any atom is 0.188 e. The summed E-state index contributed by atoms with van der Waals surface area (Å²) in [4.78, 5) is 22.9. The van der Waals surface area contributed by atoms with Crippen molar-refractivity contribution in [3.05, 3.63) is 121 Å². The van der Waals surface area contributed by atoms with Crippen molar-refractivity contribution < 1.29 is 0 Å². The quantitative estimate of drug-likeness (QED) is 0.203. The van der Waals surface area contributed by atoms with E-state index in [0.717, 1.165) is 94.4 Å². The fourth-order valence-electron chi connectivity index (χ4n) is 6.68. The van der Waals surface area contributed by atoms with Gasteiger partial charge in [-0.2, -0.15) is 0 Å². The number of aromatic nitrogens is 10. The van der Waals surface area contributed by atoms with Crippen LogP contribution in [0.2, 0.25) is 0 Å². The lowest BCUT2D eigenvalue weighted by Gasteiger charge is -2.30. The molecule has 0 bridgehead atoms. The van der Waals surface area contributed by atoms with Crippen LogP contribution in [0.25, 0.3) is 62.0 Å². The number of nitrogens with zero attached hydrogens (tertiary/aromatic N) is 9. The molecule has 7 heterocycles. The number of piperidine rings is 1. The van der Waals surface area contributed by atoms with Crippen LogP contribution in [0.4, 0.5) is 0 Å². The number of nitrogens with one attached hydrogen (secondary N) is 2. The van der Waals surface area contributed by atoms with E-state index in [1.165, 1.54) is 5.56 Å². The Hall–Kier alpha value is -6.07.